The van der Waals surface area contributed by atoms with E-state index in [0.29, 0.717) is 22.7 Å². The smallest absolute Gasteiger partial charge is 0.336 e. The van der Waals surface area contributed by atoms with Gasteiger partial charge in [0.15, 0.2) is 5.54 Å². The van der Waals surface area contributed by atoms with Gasteiger partial charge in [0.25, 0.3) is 5.91 Å². The number of rotatable bonds is 9. The summed E-state index contributed by atoms with van der Waals surface area (Å²) >= 11 is 0. The largest absolute Gasteiger partial charge is 0.497 e. The fourth-order valence-electron chi connectivity index (χ4n) is 5.31. The standard InChI is InChI=1S/C32H35N3O7/c1-6-20-16-31(20,28(37)38)35-27(36)32(29(39)42-30(2,3)4)17-22(18-33-32)41-26-15-24(19-10-8-7-9-11-19)34-25-14-21(40-5)12-13-23(25)26/h6-15,20,22,33H,1,16-18H2,2-5H3,(H,35,36)(H,37,38)/t20-,22-,31-,32+/m1/s1. The van der Waals surface area contributed by atoms with Crippen LogP contribution in [-0.4, -0.2) is 64.4 Å². The third kappa shape index (κ3) is 5.42. The van der Waals surface area contributed by atoms with Crippen LogP contribution < -0.4 is 20.1 Å². The second kappa shape index (κ2) is 10.8. The number of amides is 1. The number of aliphatic carboxylic acids is 1. The molecule has 10 nitrogen and oxygen atoms in total. The SMILES string of the molecule is C=C[C@@H]1C[C@]1(NC(=O)[C@]1(C(=O)OC(C)(C)C)C[C@@H](Oc2cc(-c3ccccc3)nc3cc(OC)ccc23)CN1)C(=O)O. The summed E-state index contributed by atoms with van der Waals surface area (Å²) in [5, 5.41) is 16.3. The minimum absolute atomic E-state index is 0.0805. The number of pyridine rings is 1. The molecule has 2 aliphatic rings. The molecule has 1 saturated carbocycles. The lowest BCUT2D eigenvalue weighted by Gasteiger charge is -2.31. The summed E-state index contributed by atoms with van der Waals surface area (Å²) in [4.78, 5) is 44.3. The van der Waals surface area contributed by atoms with E-state index < -0.39 is 46.5 Å². The molecule has 1 amide bonds. The third-order valence-electron chi connectivity index (χ3n) is 7.66. The summed E-state index contributed by atoms with van der Waals surface area (Å²) in [6.45, 7) is 8.92. The Morgan fingerprint density at radius 1 is 1.12 bits per heavy atom. The van der Waals surface area contributed by atoms with E-state index in [1.807, 2.05) is 48.5 Å². The molecule has 3 N–H and O–H groups in total. The highest BCUT2D eigenvalue weighted by molar-refractivity contribution is 6.10. The molecule has 0 unspecified atom stereocenters. The van der Waals surface area contributed by atoms with Crippen LogP contribution in [0.25, 0.3) is 22.2 Å². The Balaban J connectivity index is 1.48. The van der Waals surface area contributed by atoms with Gasteiger partial charge in [0.2, 0.25) is 0 Å². The number of carbonyl (C=O) groups excluding carboxylic acids is 2. The minimum atomic E-state index is -1.86. The van der Waals surface area contributed by atoms with E-state index in [1.54, 1.807) is 33.9 Å². The molecular formula is C32H35N3O7. The normalized spacial score (nSPS) is 25.0. The molecule has 1 aromatic heterocycles. The Morgan fingerprint density at radius 3 is 2.48 bits per heavy atom. The van der Waals surface area contributed by atoms with Crippen LogP contribution in [0, 0.1) is 5.92 Å². The molecule has 5 rings (SSSR count). The molecular weight excluding hydrogens is 538 g/mol. The van der Waals surface area contributed by atoms with E-state index in [1.165, 1.54) is 6.08 Å². The van der Waals surface area contributed by atoms with Gasteiger partial charge in [0, 0.05) is 42.0 Å². The Hall–Kier alpha value is -4.44. The van der Waals surface area contributed by atoms with Gasteiger partial charge >= 0.3 is 11.9 Å². The number of carboxylic acids is 1. The molecule has 1 aliphatic carbocycles. The first-order valence-electron chi connectivity index (χ1n) is 13.8. The van der Waals surface area contributed by atoms with Crippen LogP contribution in [0.5, 0.6) is 11.5 Å². The molecule has 220 valence electrons. The maximum absolute atomic E-state index is 13.8. The highest BCUT2D eigenvalue weighted by Gasteiger charge is 2.64. The van der Waals surface area contributed by atoms with E-state index in [-0.39, 0.29) is 19.4 Å². The first-order valence-corrected chi connectivity index (χ1v) is 13.8. The molecule has 4 atom stereocenters. The Kier molecular flexibility index (Phi) is 7.44. The third-order valence-corrected chi connectivity index (χ3v) is 7.66. The van der Waals surface area contributed by atoms with Crippen molar-refractivity contribution < 1.29 is 33.7 Å². The van der Waals surface area contributed by atoms with Crippen molar-refractivity contribution in [2.24, 2.45) is 5.92 Å². The van der Waals surface area contributed by atoms with Crippen molar-refractivity contribution in [3.8, 4) is 22.8 Å². The summed E-state index contributed by atoms with van der Waals surface area (Å²) in [5.74, 6) is -2.05. The topological polar surface area (TPSA) is 136 Å². The quantitative estimate of drug-likeness (QED) is 0.198. The van der Waals surface area contributed by atoms with Crippen molar-refractivity contribution in [2.75, 3.05) is 13.7 Å². The van der Waals surface area contributed by atoms with Crippen molar-refractivity contribution in [3.63, 3.8) is 0 Å². The molecule has 0 spiro atoms. The van der Waals surface area contributed by atoms with Gasteiger partial charge in [-0.1, -0.05) is 36.4 Å². The second-order valence-electron chi connectivity index (χ2n) is 11.8. The van der Waals surface area contributed by atoms with Gasteiger partial charge in [-0.3, -0.25) is 10.1 Å². The fourth-order valence-corrected chi connectivity index (χ4v) is 5.31. The van der Waals surface area contributed by atoms with Gasteiger partial charge < -0.3 is 24.6 Å². The maximum Gasteiger partial charge on any atom is 0.336 e. The highest BCUT2D eigenvalue weighted by atomic mass is 16.6. The number of hydrogen-bond acceptors (Lipinski definition) is 8. The monoisotopic (exact) mass is 573 g/mol. The number of hydrogen-bond donors (Lipinski definition) is 3. The summed E-state index contributed by atoms with van der Waals surface area (Å²) < 4.78 is 17.5. The van der Waals surface area contributed by atoms with Crippen LogP contribution in [0.15, 0.2) is 67.3 Å². The molecule has 0 bridgehead atoms. The average molecular weight is 574 g/mol. The zero-order valence-corrected chi connectivity index (χ0v) is 24.1. The number of benzene rings is 2. The van der Waals surface area contributed by atoms with Gasteiger partial charge in [0.1, 0.15) is 28.7 Å². The zero-order chi connectivity index (χ0) is 30.3. The lowest BCUT2D eigenvalue weighted by molar-refractivity contribution is -0.166. The maximum atomic E-state index is 13.8. The van der Waals surface area contributed by atoms with Crippen LogP contribution in [0.3, 0.4) is 0 Å². The molecule has 1 saturated heterocycles. The number of nitrogens with zero attached hydrogens (tertiary/aromatic N) is 1. The van der Waals surface area contributed by atoms with E-state index in [9.17, 15) is 19.5 Å². The van der Waals surface area contributed by atoms with Gasteiger partial charge in [-0.2, -0.15) is 0 Å². The number of nitrogens with one attached hydrogen (secondary N) is 2. The van der Waals surface area contributed by atoms with Crippen molar-refractivity contribution in [2.45, 2.75) is 56.4 Å². The number of fused-ring (bicyclic) bond motifs is 1. The van der Waals surface area contributed by atoms with Crippen molar-refractivity contribution >= 4 is 28.7 Å². The molecule has 2 heterocycles. The second-order valence-corrected chi connectivity index (χ2v) is 11.8. The van der Waals surface area contributed by atoms with Gasteiger partial charge in [-0.25, -0.2) is 14.6 Å². The molecule has 10 heteroatoms. The van der Waals surface area contributed by atoms with E-state index >= 15 is 0 Å². The molecule has 2 aromatic carbocycles. The predicted octanol–water partition coefficient (Wildman–Crippen LogP) is 3.88. The molecule has 1 aliphatic heterocycles. The van der Waals surface area contributed by atoms with Crippen molar-refractivity contribution in [1.82, 2.24) is 15.6 Å². The number of carboxylic acid groups (broad SMARTS) is 1. The van der Waals surface area contributed by atoms with Gasteiger partial charge in [-0.05, 0) is 39.3 Å². The summed E-state index contributed by atoms with van der Waals surface area (Å²) in [5.41, 5.74) is -2.03. The summed E-state index contributed by atoms with van der Waals surface area (Å²) in [6.07, 6.45) is 0.977. The predicted molar refractivity (Wildman–Crippen MR) is 156 cm³/mol. The van der Waals surface area contributed by atoms with Crippen molar-refractivity contribution in [1.29, 1.82) is 0 Å². The van der Waals surface area contributed by atoms with Crippen LogP contribution in [-0.2, 0) is 19.1 Å². The number of aromatic nitrogens is 1. The number of esters is 1. The van der Waals surface area contributed by atoms with E-state index in [2.05, 4.69) is 17.2 Å². The summed E-state index contributed by atoms with van der Waals surface area (Å²) in [6, 6.07) is 16.9. The van der Waals surface area contributed by atoms with Crippen LogP contribution in [0.1, 0.15) is 33.6 Å². The van der Waals surface area contributed by atoms with Crippen LogP contribution in [0.4, 0.5) is 0 Å². The number of ether oxygens (including phenoxy) is 3. The van der Waals surface area contributed by atoms with Crippen LogP contribution in [0.2, 0.25) is 0 Å². The zero-order valence-electron chi connectivity index (χ0n) is 24.1. The molecule has 2 fully saturated rings. The Labute approximate surface area is 244 Å². The first kappa shape index (κ1) is 29.1. The molecule has 0 radical (unpaired) electrons. The van der Waals surface area contributed by atoms with E-state index in [0.717, 1.165) is 10.9 Å². The highest BCUT2D eigenvalue weighted by Crippen LogP contribution is 2.45. The minimum Gasteiger partial charge on any atom is -0.497 e. The lowest BCUT2D eigenvalue weighted by Crippen LogP contribution is -2.63. The number of carbonyl (C=O) groups is 3. The van der Waals surface area contributed by atoms with Crippen molar-refractivity contribution in [3.05, 3.63) is 67.3 Å². The van der Waals surface area contributed by atoms with E-state index in [4.69, 9.17) is 19.2 Å². The Morgan fingerprint density at radius 2 is 1.86 bits per heavy atom. The van der Waals surface area contributed by atoms with Gasteiger partial charge in [0.05, 0.1) is 18.3 Å². The molecule has 3 aromatic rings. The van der Waals surface area contributed by atoms with Gasteiger partial charge in [-0.15, -0.1) is 6.58 Å². The fraction of sp³-hybridized carbons (Fsp3) is 0.375. The molecule has 42 heavy (non-hydrogen) atoms. The first-order chi connectivity index (χ1) is 19.9. The van der Waals surface area contributed by atoms with Crippen LogP contribution >= 0.6 is 0 Å². The lowest BCUT2D eigenvalue weighted by atomic mass is 9.94. The average Bonchev–Trinajstić information content (AvgIpc) is 3.51. The Bertz CT molecular complexity index is 1550. The summed E-state index contributed by atoms with van der Waals surface area (Å²) in [7, 11) is 1.58. The number of methoxy groups -OCH3 is 1.